The second-order valence-corrected chi connectivity index (χ2v) is 10.8. The Labute approximate surface area is 205 Å². The Balaban J connectivity index is 1.64. The molecule has 4 rings (SSSR count). The molecule has 0 saturated carbocycles. The molecule has 0 saturated heterocycles. The minimum absolute atomic E-state index is 0.0112. The Hall–Kier alpha value is -3.77. The second-order valence-electron chi connectivity index (χ2n) is 7.67. The van der Waals surface area contributed by atoms with Gasteiger partial charge in [0.15, 0.2) is 11.5 Å². The molecule has 1 N–H and O–H groups in total. The smallest absolute Gasteiger partial charge is 0.343 e. The van der Waals surface area contributed by atoms with Crippen LogP contribution in [0.5, 0.6) is 11.5 Å². The lowest BCUT2D eigenvalue weighted by atomic mass is 10.1. The van der Waals surface area contributed by atoms with E-state index in [4.69, 9.17) is 14.9 Å². The molecule has 0 atom stereocenters. The third kappa shape index (κ3) is 4.62. The lowest BCUT2D eigenvalue weighted by molar-refractivity contribution is -0.114. The van der Waals surface area contributed by atoms with Gasteiger partial charge in [0.1, 0.15) is 5.84 Å². The molecule has 2 heterocycles. The van der Waals surface area contributed by atoms with Crippen molar-refractivity contribution >= 4 is 55.9 Å². The standard InChI is InChI=1S/C23H20N4O6S2/c1-13(2)35(30,31)23-26-34-22-25-20(28)16(19(24)27(22)23)11-14-9-10-17(18(12-14)32-3)33-21(29)15-7-5-4-6-8-15/h4-13,24H,1-3H3/b16-11-,24-19?. The van der Waals surface area contributed by atoms with E-state index in [1.807, 2.05) is 0 Å². The lowest BCUT2D eigenvalue weighted by Crippen LogP contribution is -2.46. The molecule has 2 aliphatic rings. The van der Waals surface area contributed by atoms with Crippen molar-refractivity contribution < 1.29 is 27.5 Å². The molecule has 0 unspecified atom stereocenters. The number of nitrogens with one attached hydrogen (secondary N) is 1. The number of nitrogens with zero attached hydrogens (tertiary/aromatic N) is 3. The molecule has 0 aliphatic carbocycles. The van der Waals surface area contributed by atoms with Gasteiger partial charge < -0.3 is 9.47 Å². The van der Waals surface area contributed by atoms with Gasteiger partial charge in [-0.25, -0.2) is 18.1 Å². The van der Waals surface area contributed by atoms with E-state index >= 15 is 0 Å². The zero-order valence-corrected chi connectivity index (χ0v) is 20.5. The number of hydrogen-bond donors (Lipinski definition) is 1. The van der Waals surface area contributed by atoms with Gasteiger partial charge in [-0.1, -0.05) is 24.3 Å². The number of hydrogen-bond acceptors (Lipinski definition) is 9. The van der Waals surface area contributed by atoms with Crippen molar-refractivity contribution in [3.8, 4) is 11.5 Å². The summed E-state index contributed by atoms with van der Waals surface area (Å²) in [4.78, 5) is 30.0. The fourth-order valence-electron chi connectivity index (χ4n) is 3.15. The predicted octanol–water partition coefficient (Wildman–Crippen LogP) is 3.31. The second kappa shape index (κ2) is 9.47. The van der Waals surface area contributed by atoms with Crippen molar-refractivity contribution in [3.05, 3.63) is 65.2 Å². The van der Waals surface area contributed by atoms with E-state index in [0.717, 1.165) is 16.8 Å². The summed E-state index contributed by atoms with van der Waals surface area (Å²) < 4.78 is 40.1. The van der Waals surface area contributed by atoms with E-state index in [-0.39, 0.29) is 33.2 Å². The SMILES string of the molecule is COc1cc(/C=C2/C(=N)N3C(=NC2=O)SN=C3S(=O)(=O)C(C)C)ccc1OC(=O)c1ccccc1. The number of sulfone groups is 1. The Morgan fingerprint density at radius 2 is 1.86 bits per heavy atom. The number of carbonyl (C=O) groups excluding carboxylic acids is 2. The molecule has 0 bridgehead atoms. The topological polar surface area (TPSA) is 139 Å². The van der Waals surface area contributed by atoms with Crippen LogP contribution < -0.4 is 9.47 Å². The minimum Gasteiger partial charge on any atom is -0.493 e. The number of rotatable bonds is 5. The van der Waals surface area contributed by atoms with Crippen LogP contribution in [0, 0.1) is 5.41 Å². The molecule has 2 aromatic rings. The van der Waals surface area contributed by atoms with Crippen LogP contribution in [-0.2, 0) is 14.6 Å². The van der Waals surface area contributed by atoms with Gasteiger partial charge in [-0.3, -0.25) is 10.2 Å². The number of amidine groups is 3. The Kier molecular flexibility index (Phi) is 6.59. The first-order valence-corrected chi connectivity index (χ1v) is 12.6. The van der Waals surface area contributed by atoms with Crippen LogP contribution in [0.2, 0.25) is 0 Å². The highest BCUT2D eigenvalue weighted by Gasteiger charge is 2.43. The highest BCUT2D eigenvalue weighted by molar-refractivity contribution is 8.16. The highest BCUT2D eigenvalue weighted by Crippen LogP contribution is 2.33. The number of aliphatic imine (C=N–C) groups is 1. The molecule has 35 heavy (non-hydrogen) atoms. The highest BCUT2D eigenvalue weighted by atomic mass is 32.2. The van der Waals surface area contributed by atoms with Gasteiger partial charge in [0, 0.05) is 0 Å². The van der Waals surface area contributed by atoms with Crippen molar-refractivity contribution in [3.63, 3.8) is 0 Å². The van der Waals surface area contributed by atoms with Crippen LogP contribution in [0.3, 0.4) is 0 Å². The van der Waals surface area contributed by atoms with E-state index in [2.05, 4.69) is 9.39 Å². The molecule has 2 aromatic carbocycles. The molecule has 0 spiro atoms. The monoisotopic (exact) mass is 512 g/mol. The van der Waals surface area contributed by atoms with Gasteiger partial charge >= 0.3 is 5.97 Å². The van der Waals surface area contributed by atoms with Crippen LogP contribution in [0.15, 0.2) is 63.5 Å². The van der Waals surface area contributed by atoms with E-state index in [1.165, 1.54) is 39.2 Å². The van der Waals surface area contributed by atoms with Crippen molar-refractivity contribution in [2.24, 2.45) is 9.39 Å². The number of fused-ring (bicyclic) bond motifs is 1. The third-order valence-electron chi connectivity index (χ3n) is 5.08. The molecule has 12 heteroatoms. The average molecular weight is 513 g/mol. The molecule has 0 fully saturated rings. The summed E-state index contributed by atoms with van der Waals surface area (Å²) in [5.41, 5.74) is 0.692. The van der Waals surface area contributed by atoms with E-state index in [1.54, 1.807) is 36.4 Å². The van der Waals surface area contributed by atoms with Crippen LogP contribution in [-0.4, -0.2) is 53.7 Å². The summed E-state index contributed by atoms with van der Waals surface area (Å²) in [6, 6.07) is 13.1. The summed E-state index contributed by atoms with van der Waals surface area (Å²) in [6.07, 6.45) is 1.39. The number of amides is 1. The summed E-state index contributed by atoms with van der Waals surface area (Å²) in [7, 11) is -2.42. The molecule has 0 aromatic heterocycles. The molecule has 0 radical (unpaired) electrons. The van der Waals surface area contributed by atoms with Crippen LogP contribution in [0.1, 0.15) is 29.8 Å². The van der Waals surface area contributed by atoms with E-state index in [9.17, 15) is 18.0 Å². The van der Waals surface area contributed by atoms with Gasteiger partial charge in [-0.15, -0.1) is 0 Å². The van der Waals surface area contributed by atoms with E-state index < -0.39 is 27.0 Å². The van der Waals surface area contributed by atoms with Gasteiger partial charge in [0.25, 0.3) is 5.91 Å². The lowest BCUT2D eigenvalue weighted by Gasteiger charge is -2.25. The molecular formula is C23H20N4O6S2. The Morgan fingerprint density at radius 3 is 2.51 bits per heavy atom. The molecule has 2 aliphatic heterocycles. The number of methoxy groups -OCH3 is 1. The zero-order valence-electron chi connectivity index (χ0n) is 18.9. The Bertz CT molecular complexity index is 1430. The first-order chi connectivity index (χ1) is 16.6. The van der Waals surface area contributed by atoms with Crippen molar-refractivity contribution in [1.82, 2.24) is 4.90 Å². The van der Waals surface area contributed by atoms with Crippen molar-refractivity contribution in [2.75, 3.05) is 7.11 Å². The van der Waals surface area contributed by atoms with Crippen LogP contribution in [0.25, 0.3) is 6.08 Å². The summed E-state index contributed by atoms with van der Waals surface area (Å²) in [5, 5.41) is 7.44. The molecule has 10 nitrogen and oxygen atoms in total. The average Bonchev–Trinajstić information content (AvgIpc) is 3.27. The van der Waals surface area contributed by atoms with Crippen LogP contribution >= 0.6 is 11.9 Å². The summed E-state index contributed by atoms with van der Waals surface area (Å²) in [6.45, 7) is 3.01. The van der Waals surface area contributed by atoms with E-state index in [0.29, 0.717) is 11.1 Å². The molecular weight excluding hydrogens is 492 g/mol. The zero-order chi connectivity index (χ0) is 25.3. The maximum absolute atomic E-state index is 12.7. The minimum atomic E-state index is -3.82. The molecule has 1 amide bonds. The first-order valence-electron chi connectivity index (χ1n) is 10.3. The Morgan fingerprint density at radius 1 is 1.14 bits per heavy atom. The number of ether oxygens (including phenoxy) is 2. The van der Waals surface area contributed by atoms with Crippen LogP contribution in [0.4, 0.5) is 0 Å². The van der Waals surface area contributed by atoms with Gasteiger partial charge in [0.2, 0.25) is 20.2 Å². The van der Waals surface area contributed by atoms with Crippen molar-refractivity contribution in [1.29, 1.82) is 5.41 Å². The number of carbonyl (C=O) groups is 2. The number of benzene rings is 2. The third-order valence-corrected chi connectivity index (χ3v) is 7.92. The van der Waals surface area contributed by atoms with Gasteiger partial charge in [-0.05, 0) is 49.8 Å². The quantitative estimate of drug-likeness (QED) is 0.279. The maximum Gasteiger partial charge on any atom is 0.343 e. The fourth-order valence-corrected chi connectivity index (χ4v) is 5.22. The summed E-state index contributed by atoms with van der Waals surface area (Å²) in [5.74, 6) is -1.23. The largest absolute Gasteiger partial charge is 0.493 e. The fraction of sp³-hybridized carbons (Fsp3) is 0.174. The molecule has 180 valence electrons. The number of esters is 1. The van der Waals surface area contributed by atoms with Crippen molar-refractivity contribution in [2.45, 2.75) is 19.1 Å². The summed E-state index contributed by atoms with van der Waals surface area (Å²) >= 11 is 0.734. The first kappa shape index (κ1) is 24.4. The van der Waals surface area contributed by atoms with Gasteiger partial charge in [0.05, 0.1) is 35.4 Å². The predicted molar refractivity (Wildman–Crippen MR) is 133 cm³/mol. The van der Waals surface area contributed by atoms with Gasteiger partial charge in [-0.2, -0.15) is 9.39 Å². The normalized spacial score (nSPS) is 16.8. The maximum atomic E-state index is 12.7.